The highest BCUT2D eigenvalue weighted by Crippen LogP contribution is 2.20. The van der Waals surface area contributed by atoms with Crippen LogP contribution < -0.4 is 4.73 Å². The summed E-state index contributed by atoms with van der Waals surface area (Å²) < 4.78 is 0.808. The second-order valence-corrected chi connectivity index (χ2v) is 2.54. The quantitative estimate of drug-likeness (QED) is 0.292. The molecule has 0 aliphatic rings. The van der Waals surface area contributed by atoms with Crippen molar-refractivity contribution in [2.24, 2.45) is 0 Å². The predicted octanol–water partition coefficient (Wildman–Crippen LogP) is 0.601. The van der Waals surface area contributed by atoms with E-state index in [0.29, 0.717) is 11.0 Å². The molecule has 6 heteroatoms. The smallest absolute Gasteiger partial charge is 0.332 e. The first-order valence-electron chi connectivity index (χ1n) is 3.55. The Bertz CT molecular complexity index is 477. The molecule has 2 aromatic heterocycles. The molecule has 2 N–H and O–H groups in total. The molecule has 2 rings (SSSR count). The first-order valence-corrected chi connectivity index (χ1v) is 3.55. The summed E-state index contributed by atoms with van der Waals surface area (Å²) in [6.45, 7) is 0. The molecule has 0 bridgehead atoms. The van der Waals surface area contributed by atoms with Gasteiger partial charge in [-0.05, 0) is 6.07 Å². The largest absolute Gasteiger partial charge is 0.350 e. The molecule has 0 aliphatic carbocycles. The van der Waals surface area contributed by atoms with Crippen LogP contribution in [0, 0.1) is 10.1 Å². The van der Waals surface area contributed by atoms with E-state index in [0.717, 1.165) is 4.73 Å². The van der Waals surface area contributed by atoms with Crippen LogP contribution in [0.1, 0.15) is 0 Å². The Morgan fingerprint density at radius 2 is 2.31 bits per heavy atom. The molecule has 0 aliphatic heterocycles. The Balaban J connectivity index is 2.86. The maximum absolute atomic E-state index is 10.5. The third-order valence-electron chi connectivity index (χ3n) is 1.80. The van der Waals surface area contributed by atoms with Crippen molar-refractivity contribution in [2.75, 3.05) is 0 Å². The topological polar surface area (TPSA) is 83.0 Å². The fourth-order valence-corrected chi connectivity index (χ4v) is 1.22. The number of rotatable bonds is 1. The second-order valence-electron chi connectivity index (χ2n) is 2.54. The van der Waals surface area contributed by atoms with Gasteiger partial charge >= 0.3 is 5.65 Å². The third-order valence-corrected chi connectivity index (χ3v) is 1.80. The SMILES string of the molecule is O=[N+]([O-])c1cc[n+](O)c2[nH]ccc12. The Morgan fingerprint density at radius 3 is 3.00 bits per heavy atom. The zero-order valence-corrected chi connectivity index (χ0v) is 6.47. The molecule has 0 saturated carbocycles. The second kappa shape index (κ2) is 2.44. The lowest BCUT2D eigenvalue weighted by atomic mass is 10.3. The number of aromatic nitrogens is 2. The van der Waals surface area contributed by atoms with Crippen LogP contribution in [0.5, 0.6) is 0 Å². The number of nitro groups is 1. The van der Waals surface area contributed by atoms with Gasteiger partial charge in [-0.3, -0.25) is 10.1 Å². The standard InChI is InChI=1S/C7H5N3O3/c11-9-4-2-6(10(12)13)5-1-3-8-7(5)9/h1-4,11H/p+1. The van der Waals surface area contributed by atoms with Crippen LogP contribution in [0.2, 0.25) is 0 Å². The fraction of sp³-hybridized carbons (Fsp3) is 0. The first kappa shape index (κ1) is 7.53. The van der Waals surface area contributed by atoms with E-state index < -0.39 is 4.92 Å². The molecule has 0 spiro atoms. The molecular weight excluding hydrogens is 174 g/mol. The number of pyridine rings is 1. The molecule has 0 radical (unpaired) electrons. The van der Waals surface area contributed by atoms with Crippen LogP contribution in [-0.2, 0) is 0 Å². The molecule has 66 valence electrons. The molecule has 0 atom stereocenters. The van der Waals surface area contributed by atoms with Crippen LogP contribution in [0.15, 0.2) is 24.5 Å². The van der Waals surface area contributed by atoms with Gasteiger partial charge in [-0.15, -0.1) is 0 Å². The zero-order valence-electron chi connectivity index (χ0n) is 6.47. The average Bonchev–Trinajstić information content (AvgIpc) is 2.53. The molecule has 0 saturated heterocycles. The molecule has 2 aromatic rings. The van der Waals surface area contributed by atoms with Crippen molar-refractivity contribution in [3.63, 3.8) is 0 Å². The van der Waals surface area contributed by atoms with Crippen LogP contribution in [0.4, 0.5) is 5.69 Å². The minimum absolute atomic E-state index is 0.0263. The number of hydrogen-bond acceptors (Lipinski definition) is 3. The zero-order chi connectivity index (χ0) is 9.42. The highest BCUT2D eigenvalue weighted by atomic mass is 16.6. The van der Waals surface area contributed by atoms with Crippen molar-refractivity contribution < 1.29 is 14.9 Å². The van der Waals surface area contributed by atoms with Crippen molar-refractivity contribution in [1.82, 2.24) is 4.98 Å². The monoisotopic (exact) mass is 180 g/mol. The normalized spacial score (nSPS) is 10.5. The highest BCUT2D eigenvalue weighted by molar-refractivity contribution is 5.82. The van der Waals surface area contributed by atoms with Gasteiger partial charge in [0.2, 0.25) is 0 Å². The van der Waals surface area contributed by atoms with Crippen molar-refractivity contribution in [3.05, 3.63) is 34.6 Å². The Kier molecular flexibility index (Phi) is 1.42. The van der Waals surface area contributed by atoms with E-state index in [-0.39, 0.29) is 5.69 Å². The predicted molar refractivity (Wildman–Crippen MR) is 42.3 cm³/mol. The minimum Gasteiger partial charge on any atom is -0.350 e. The molecule has 0 fully saturated rings. The van der Waals surface area contributed by atoms with Gasteiger partial charge in [0.25, 0.3) is 5.69 Å². The van der Waals surface area contributed by atoms with Gasteiger partial charge in [-0.25, -0.2) is 4.98 Å². The first-order chi connectivity index (χ1) is 6.20. The lowest BCUT2D eigenvalue weighted by Crippen LogP contribution is -2.30. The summed E-state index contributed by atoms with van der Waals surface area (Å²) in [6.07, 6.45) is 2.75. The van der Waals surface area contributed by atoms with Gasteiger partial charge in [-0.2, -0.15) is 0 Å². The van der Waals surface area contributed by atoms with E-state index in [2.05, 4.69) is 4.98 Å². The molecule has 0 unspecified atom stereocenters. The van der Waals surface area contributed by atoms with E-state index in [1.807, 2.05) is 0 Å². The van der Waals surface area contributed by atoms with Crippen molar-refractivity contribution in [1.29, 1.82) is 0 Å². The van der Waals surface area contributed by atoms with Crippen LogP contribution in [0.3, 0.4) is 0 Å². The maximum Gasteiger partial charge on any atom is 0.332 e. The summed E-state index contributed by atoms with van der Waals surface area (Å²) in [5.41, 5.74) is 0.288. The average molecular weight is 180 g/mol. The van der Waals surface area contributed by atoms with E-state index in [4.69, 9.17) is 0 Å². The van der Waals surface area contributed by atoms with Crippen LogP contribution in [0.25, 0.3) is 11.0 Å². The summed E-state index contributed by atoms with van der Waals surface area (Å²) >= 11 is 0. The summed E-state index contributed by atoms with van der Waals surface area (Å²) in [4.78, 5) is 12.7. The fourth-order valence-electron chi connectivity index (χ4n) is 1.22. The van der Waals surface area contributed by atoms with E-state index in [9.17, 15) is 15.3 Å². The summed E-state index contributed by atoms with van der Waals surface area (Å²) in [6, 6.07) is 2.79. The van der Waals surface area contributed by atoms with Gasteiger partial charge in [0.1, 0.15) is 11.6 Å². The van der Waals surface area contributed by atoms with E-state index in [1.54, 1.807) is 6.07 Å². The molecule has 13 heavy (non-hydrogen) atoms. The highest BCUT2D eigenvalue weighted by Gasteiger charge is 2.19. The molecule has 0 amide bonds. The van der Waals surface area contributed by atoms with Gasteiger partial charge < -0.3 is 5.21 Å². The lowest BCUT2D eigenvalue weighted by Gasteiger charge is -1.91. The summed E-state index contributed by atoms with van der Waals surface area (Å²) in [5.74, 6) is 0. The van der Waals surface area contributed by atoms with Crippen molar-refractivity contribution in [3.8, 4) is 0 Å². The number of aromatic amines is 1. The minimum atomic E-state index is -0.490. The van der Waals surface area contributed by atoms with E-state index >= 15 is 0 Å². The number of hydrogen-bond donors (Lipinski definition) is 2. The van der Waals surface area contributed by atoms with Crippen LogP contribution >= 0.6 is 0 Å². The molecule has 2 heterocycles. The molecule has 0 aromatic carbocycles. The van der Waals surface area contributed by atoms with E-state index in [1.165, 1.54) is 18.5 Å². The van der Waals surface area contributed by atoms with Gasteiger partial charge in [0.15, 0.2) is 0 Å². The van der Waals surface area contributed by atoms with Gasteiger partial charge in [0.05, 0.1) is 17.2 Å². The number of nitrogens with zero attached hydrogens (tertiary/aromatic N) is 2. The summed E-state index contributed by atoms with van der Waals surface area (Å²) in [7, 11) is 0. The number of fused-ring (bicyclic) bond motifs is 1. The number of nitrogens with one attached hydrogen (secondary N) is 1. The third kappa shape index (κ3) is 0.994. The van der Waals surface area contributed by atoms with Gasteiger partial charge in [0, 0.05) is 0 Å². The molecule has 6 nitrogen and oxygen atoms in total. The van der Waals surface area contributed by atoms with Crippen molar-refractivity contribution >= 4 is 16.7 Å². The lowest BCUT2D eigenvalue weighted by molar-refractivity contribution is -0.886. The Morgan fingerprint density at radius 1 is 1.54 bits per heavy atom. The maximum atomic E-state index is 10.5. The van der Waals surface area contributed by atoms with Crippen molar-refractivity contribution in [2.45, 2.75) is 0 Å². The van der Waals surface area contributed by atoms with Crippen LogP contribution in [-0.4, -0.2) is 15.1 Å². The Hall–Kier alpha value is -2.11. The number of H-pyrrole nitrogens is 1. The summed E-state index contributed by atoms with van der Waals surface area (Å²) in [5, 5.41) is 20.1. The Labute approximate surface area is 72.2 Å². The van der Waals surface area contributed by atoms with Gasteiger partial charge in [-0.1, -0.05) is 4.73 Å². The molecular formula is C7H6N3O3+.